The summed E-state index contributed by atoms with van der Waals surface area (Å²) in [4.78, 5) is 38.4. The second-order valence-corrected chi connectivity index (χ2v) is 6.48. The van der Waals surface area contributed by atoms with Crippen LogP contribution >= 0.6 is 0 Å². The van der Waals surface area contributed by atoms with Crippen molar-refractivity contribution in [3.8, 4) is 5.75 Å². The molecular weight excluding hydrogens is 350 g/mol. The van der Waals surface area contributed by atoms with Gasteiger partial charge in [-0.1, -0.05) is 12.1 Å². The Morgan fingerprint density at radius 2 is 2.00 bits per heavy atom. The van der Waals surface area contributed by atoms with E-state index in [1.807, 2.05) is 0 Å². The summed E-state index contributed by atoms with van der Waals surface area (Å²) in [5, 5.41) is 5.38. The number of hydrogen-bond acceptors (Lipinski definition) is 5. The van der Waals surface area contributed by atoms with Crippen molar-refractivity contribution in [1.29, 1.82) is 0 Å². The fourth-order valence-electron chi connectivity index (χ4n) is 3.00. The molecule has 0 radical (unpaired) electrons. The summed E-state index contributed by atoms with van der Waals surface area (Å²) in [6, 6.07) is 9.30. The van der Waals surface area contributed by atoms with E-state index in [1.165, 1.54) is 6.26 Å². The van der Waals surface area contributed by atoms with Crippen LogP contribution in [0.4, 0.5) is 4.79 Å². The third-order valence-corrected chi connectivity index (χ3v) is 4.59. The van der Waals surface area contributed by atoms with Crippen molar-refractivity contribution in [2.24, 2.45) is 0 Å². The quantitative estimate of drug-likeness (QED) is 0.756. The van der Waals surface area contributed by atoms with Crippen LogP contribution < -0.4 is 15.4 Å². The van der Waals surface area contributed by atoms with Gasteiger partial charge in [-0.05, 0) is 43.7 Å². The molecule has 0 unspecified atom stereocenters. The van der Waals surface area contributed by atoms with Crippen molar-refractivity contribution >= 4 is 17.8 Å². The number of nitrogens with zero attached hydrogens (tertiary/aromatic N) is 1. The minimum atomic E-state index is -1.24. The highest BCUT2D eigenvalue weighted by atomic mass is 16.5. The van der Waals surface area contributed by atoms with E-state index in [2.05, 4.69) is 10.6 Å². The molecule has 0 bridgehead atoms. The lowest BCUT2D eigenvalue weighted by Crippen LogP contribution is -2.43. The molecule has 8 heteroatoms. The second kappa shape index (κ2) is 7.14. The van der Waals surface area contributed by atoms with Crippen LogP contribution in [0.1, 0.15) is 31.2 Å². The lowest BCUT2D eigenvalue weighted by atomic mass is 9.92. The number of benzene rings is 1. The van der Waals surface area contributed by atoms with Gasteiger partial charge >= 0.3 is 6.03 Å². The zero-order valence-corrected chi connectivity index (χ0v) is 15.3. The third kappa shape index (κ3) is 3.51. The number of nitrogens with one attached hydrogen (secondary N) is 2. The number of amides is 4. The maximum atomic E-state index is 12.9. The van der Waals surface area contributed by atoms with Gasteiger partial charge in [-0.2, -0.15) is 0 Å². The summed E-state index contributed by atoms with van der Waals surface area (Å²) in [5.74, 6) is 0.283. The Bertz CT molecular complexity index is 847. The molecule has 1 aromatic carbocycles. The molecule has 2 atom stereocenters. The highest BCUT2D eigenvalue weighted by Gasteiger charge is 2.49. The average Bonchev–Trinajstić information content (AvgIpc) is 3.26. The van der Waals surface area contributed by atoms with E-state index in [4.69, 9.17) is 9.15 Å². The number of carbonyl (C=O) groups is 3. The molecule has 142 valence electrons. The number of carbonyl (C=O) groups excluding carboxylic acids is 3. The van der Waals surface area contributed by atoms with Crippen LogP contribution in [-0.2, 0) is 15.1 Å². The molecular formula is C19H21N3O5. The van der Waals surface area contributed by atoms with Crippen LogP contribution in [0.5, 0.6) is 5.75 Å². The Labute approximate surface area is 156 Å². The maximum Gasteiger partial charge on any atom is 0.325 e. The van der Waals surface area contributed by atoms with Gasteiger partial charge in [-0.25, -0.2) is 4.79 Å². The lowest BCUT2D eigenvalue weighted by molar-refractivity contribution is -0.135. The SMILES string of the molecule is COc1ccc([C@]2(C)NC(=O)N(CC(=O)N[C@@H](C)c3ccco3)C2=O)cc1. The topological polar surface area (TPSA) is 101 Å². The van der Waals surface area contributed by atoms with Gasteiger partial charge in [0.25, 0.3) is 5.91 Å². The number of imide groups is 1. The molecule has 8 nitrogen and oxygen atoms in total. The van der Waals surface area contributed by atoms with Crippen molar-refractivity contribution in [3.05, 3.63) is 54.0 Å². The Morgan fingerprint density at radius 3 is 2.59 bits per heavy atom. The first kappa shape index (κ1) is 18.5. The highest BCUT2D eigenvalue weighted by molar-refractivity contribution is 6.09. The summed E-state index contributed by atoms with van der Waals surface area (Å²) in [5.41, 5.74) is -0.635. The van der Waals surface area contributed by atoms with Crippen LogP contribution in [0.3, 0.4) is 0 Å². The molecule has 2 aromatic rings. The molecule has 2 N–H and O–H groups in total. The zero-order valence-electron chi connectivity index (χ0n) is 15.3. The minimum absolute atomic E-state index is 0.374. The molecule has 0 aliphatic carbocycles. The minimum Gasteiger partial charge on any atom is -0.497 e. The van der Waals surface area contributed by atoms with Crippen LogP contribution in [0.2, 0.25) is 0 Å². The third-order valence-electron chi connectivity index (χ3n) is 4.59. The van der Waals surface area contributed by atoms with Gasteiger partial charge in [0.1, 0.15) is 23.6 Å². The highest BCUT2D eigenvalue weighted by Crippen LogP contribution is 2.30. The molecule has 4 amide bonds. The standard InChI is InChI=1S/C19H21N3O5/c1-12(15-5-4-10-27-15)20-16(23)11-22-17(24)19(2,21-18(22)25)13-6-8-14(26-3)9-7-13/h4-10,12H,11H2,1-3H3,(H,20,23)(H,21,25)/t12-,19-/m0/s1. The van der Waals surface area contributed by atoms with Crippen molar-refractivity contribution in [2.75, 3.05) is 13.7 Å². The van der Waals surface area contributed by atoms with E-state index in [9.17, 15) is 14.4 Å². The van der Waals surface area contributed by atoms with E-state index in [0.717, 1.165) is 4.90 Å². The Kier molecular flexibility index (Phi) is 4.89. The number of ether oxygens (including phenoxy) is 1. The van der Waals surface area contributed by atoms with E-state index >= 15 is 0 Å². The monoisotopic (exact) mass is 371 g/mol. The van der Waals surface area contributed by atoms with Gasteiger partial charge in [0, 0.05) is 0 Å². The first-order valence-electron chi connectivity index (χ1n) is 8.46. The van der Waals surface area contributed by atoms with Gasteiger partial charge in [0.15, 0.2) is 0 Å². The number of urea groups is 1. The summed E-state index contributed by atoms with van der Waals surface area (Å²) in [6.07, 6.45) is 1.51. The van der Waals surface area contributed by atoms with E-state index in [0.29, 0.717) is 17.1 Å². The number of methoxy groups -OCH3 is 1. The molecule has 0 saturated carbocycles. The first-order valence-corrected chi connectivity index (χ1v) is 8.46. The molecule has 1 saturated heterocycles. The smallest absolute Gasteiger partial charge is 0.325 e. The number of hydrogen-bond donors (Lipinski definition) is 2. The molecule has 2 heterocycles. The maximum absolute atomic E-state index is 12.9. The fourth-order valence-corrected chi connectivity index (χ4v) is 3.00. The van der Waals surface area contributed by atoms with Crippen molar-refractivity contribution in [3.63, 3.8) is 0 Å². The summed E-state index contributed by atoms with van der Waals surface area (Å²) >= 11 is 0. The van der Waals surface area contributed by atoms with Gasteiger partial charge in [0.05, 0.1) is 19.4 Å². The first-order chi connectivity index (χ1) is 12.8. The Hall–Kier alpha value is -3.29. The molecule has 1 aliphatic heterocycles. The van der Waals surface area contributed by atoms with Crippen molar-refractivity contribution in [1.82, 2.24) is 15.5 Å². The second-order valence-electron chi connectivity index (χ2n) is 6.48. The largest absolute Gasteiger partial charge is 0.497 e. The zero-order chi connectivity index (χ0) is 19.6. The molecule has 0 spiro atoms. The fraction of sp³-hybridized carbons (Fsp3) is 0.316. The Morgan fingerprint density at radius 1 is 1.30 bits per heavy atom. The van der Waals surface area contributed by atoms with Gasteiger partial charge in [-0.3, -0.25) is 14.5 Å². The van der Waals surface area contributed by atoms with E-state index in [1.54, 1.807) is 57.4 Å². The van der Waals surface area contributed by atoms with Gasteiger partial charge in [0.2, 0.25) is 5.91 Å². The van der Waals surface area contributed by atoms with Crippen molar-refractivity contribution < 1.29 is 23.5 Å². The summed E-state index contributed by atoms with van der Waals surface area (Å²) in [6.45, 7) is 2.99. The number of furan rings is 1. The van der Waals surface area contributed by atoms with Crippen LogP contribution in [0, 0.1) is 0 Å². The summed E-state index contributed by atoms with van der Waals surface area (Å²) < 4.78 is 10.3. The van der Waals surface area contributed by atoms with Gasteiger partial charge in [-0.15, -0.1) is 0 Å². The molecule has 3 rings (SSSR count). The van der Waals surface area contributed by atoms with E-state index < -0.39 is 23.4 Å². The van der Waals surface area contributed by atoms with Crippen molar-refractivity contribution in [2.45, 2.75) is 25.4 Å². The number of rotatable bonds is 6. The predicted molar refractivity (Wildman–Crippen MR) is 95.9 cm³/mol. The van der Waals surface area contributed by atoms with E-state index in [-0.39, 0.29) is 12.6 Å². The predicted octanol–water partition coefficient (Wildman–Crippen LogP) is 1.93. The molecule has 1 aliphatic rings. The Balaban J connectivity index is 1.70. The molecule has 1 aromatic heterocycles. The van der Waals surface area contributed by atoms with Crippen LogP contribution in [-0.4, -0.2) is 36.4 Å². The van der Waals surface area contributed by atoms with Crippen LogP contribution in [0.15, 0.2) is 47.1 Å². The average molecular weight is 371 g/mol. The normalized spacial score (nSPS) is 20.3. The summed E-state index contributed by atoms with van der Waals surface area (Å²) in [7, 11) is 1.54. The molecule has 27 heavy (non-hydrogen) atoms. The molecule has 1 fully saturated rings. The lowest BCUT2D eigenvalue weighted by Gasteiger charge is -2.22. The van der Waals surface area contributed by atoms with Crippen LogP contribution in [0.25, 0.3) is 0 Å². The van der Waals surface area contributed by atoms with Gasteiger partial charge < -0.3 is 19.8 Å².